The molecule has 0 aliphatic heterocycles. The minimum Gasteiger partial charge on any atom is -0.459 e. The van der Waals surface area contributed by atoms with Gasteiger partial charge in [-0.2, -0.15) is 0 Å². The Kier molecular flexibility index (Phi) is 6.37. The first kappa shape index (κ1) is 20.0. The lowest BCUT2D eigenvalue weighted by atomic mass is 10.0. The topological polar surface area (TPSA) is 84.6 Å². The zero-order chi connectivity index (χ0) is 20.1. The molecule has 0 saturated heterocycles. The van der Waals surface area contributed by atoms with Crippen molar-refractivity contribution < 1.29 is 23.9 Å². The highest BCUT2D eigenvalue weighted by molar-refractivity contribution is 6.36. The third-order valence-electron chi connectivity index (χ3n) is 5.09. The summed E-state index contributed by atoms with van der Waals surface area (Å²) in [5.41, 5.74) is 1.64. The molecule has 5 heteroatoms. The molecule has 2 atom stereocenters. The van der Waals surface area contributed by atoms with E-state index < -0.39 is 5.78 Å². The number of aliphatic hydroxyl groups excluding tert-OH is 1. The summed E-state index contributed by atoms with van der Waals surface area (Å²) in [4.78, 5) is 35.0. The number of carbonyl (C=O) groups excluding carboxylic acids is 3. The van der Waals surface area contributed by atoms with Crippen LogP contribution in [0.5, 0.6) is 0 Å². The Balaban J connectivity index is 1.47. The Labute approximate surface area is 164 Å². The van der Waals surface area contributed by atoms with Crippen molar-refractivity contribution >= 4 is 23.4 Å². The molecule has 0 radical (unpaired) electrons. The van der Waals surface area contributed by atoms with Gasteiger partial charge in [-0.3, -0.25) is 14.4 Å². The molecule has 3 rings (SSSR count). The summed E-state index contributed by atoms with van der Waals surface area (Å²) in [7, 11) is 0. The number of aryl methyl sites for hydroxylation is 1. The average molecular weight is 380 g/mol. The van der Waals surface area contributed by atoms with E-state index in [4.69, 9.17) is 9.52 Å². The molecule has 1 aromatic heterocycles. The maximum atomic E-state index is 12.6. The van der Waals surface area contributed by atoms with E-state index in [1.54, 1.807) is 18.2 Å². The second kappa shape index (κ2) is 8.93. The SMILES string of the molecule is CC(=O)C(=O)CCc1ccc(C(=O)C2CC2CC=Cc2ccc(CO)o2)cc1. The Morgan fingerprint density at radius 3 is 2.54 bits per heavy atom. The van der Waals surface area contributed by atoms with Crippen LogP contribution in [0, 0.1) is 11.8 Å². The summed E-state index contributed by atoms with van der Waals surface area (Å²) in [5, 5.41) is 8.99. The van der Waals surface area contributed by atoms with Gasteiger partial charge in [0, 0.05) is 24.8 Å². The van der Waals surface area contributed by atoms with E-state index in [2.05, 4.69) is 0 Å². The van der Waals surface area contributed by atoms with E-state index in [-0.39, 0.29) is 30.5 Å². The molecule has 1 saturated carbocycles. The monoisotopic (exact) mass is 380 g/mol. The molecule has 1 N–H and O–H groups in total. The van der Waals surface area contributed by atoms with Crippen molar-refractivity contribution in [2.75, 3.05) is 0 Å². The minimum absolute atomic E-state index is 0.0550. The summed E-state index contributed by atoms with van der Waals surface area (Å²) >= 11 is 0. The van der Waals surface area contributed by atoms with Crippen LogP contribution < -0.4 is 0 Å². The molecule has 1 heterocycles. The highest BCUT2D eigenvalue weighted by atomic mass is 16.4. The molecule has 28 heavy (non-hydrogen) atoms. The van der Waals surface area contributed by atoms with E-state index >= 15 is 0 Å². The molecule has 1 aliphatic carbocycles. The Morgan fingerprint density at radius 1 is 1.14 bits per heavy atom. The highest BCUT2D eigenvalue weighted by Gasteiger charge is 2.41. The number of carbonyl (C=O) groups is 3. The number of allylic oxidation sites excluding steroid dienone is 1. The van der Waals surface area contributed by atoms with Gasteiger partial charge in [-0.05, 0) is 49.0 Å². The molecule has 5 nitrogen and oxygen atoms in total. The van der Waals surface area contributed by atoms with Crippen molar-refractivity contribution in [2.24, 2.45) is 11.8 Å². The van der Waals surface area contributed by atoms with Crippen LogP contribution in [0.4, 0.5) is 0 Å². The zero-order valence-corrected chi connectivity index (χ0v) is 15.9. The maximum absolute atomic E-state index is 12.6. The molecule has 0 spiro atoms. The summed E-state index contributed by atoms with van der Waals surface area (Å²) in [6, 6.07) is 10.9. The molecule has 2 unspecified atom stereocenters. The summed E-state index contributed by atoms with van der Waals surface area (Å²) in [6.07, 6.45) is 6.29. The molecule has 1 aliphatic rings. The van der Waals surface area contributed by atoms with Gasteiger partial charge in [0.2, 0.25) is 0 Å². The van der Waals surface area contributed by atoms with Gasteiger partial charge in [0.25, 0.3) is 0 Å². The molecule has 1 fully saturated rings. The standard InChI is InChI=1S/C23H24O5/c1-15(25)22(26)12-7-16-5-8-17(9-6-16)23(27)21-13-18(21)3-2-4-19-10-11-20(14-24)28-19/h2,4-6,8-11,18,21,24H,3,7,12-14H2,1H3. The van der Waals surface area contributed by atoms with Crippen LogP contribution in [0.25, 0.3) is 6.08 Å². The quantitative estimate of drug-likeness (QED) is 0.501. The van der Waals surface area contributed by atoms with E-state index in [9.17, 15) is 14.4 Å². The van der Waals surface area contributed by atoms with Crippen LogP contribution in [0.2, 0.25) is 0 Å². The molecule has 2 aromatic rings. The van der Waals surface area contributed by atoms with Gasteiger partial charge in [-0.15, -0.1) is 0 Å². The van der Waals surface area contributed by atoms with E-state index in [0.717, 1.165) is 18.4 Å². The number of benzene rings is 1. The fourth-order valence-corrected chi connectivity index (χ4v) is 3.24. The van der Waals surface area contributed by atoms with Gasteiger partial charge in [0.05, 0.1) is 0 Å². The number of aliphatic hydroxyl groups is 1. The van der Waals surface area contributed by atoms with E-state index in [1.807, 2.05) is 30.4 Å². The molecule has 146 valence electrons. The van der Waals surface area contributed by atoms with E-state index in [1.165, 1.54) is 6.92 Å². The smallest absolute Gasteiger partial charge is 0.198 e. The number of hydrogen-bond acceptors (Lipinski definition) is 5. The first-order chi connectivity index (χ1) is 13.5. The van der Waals surface area contributed by atoms with Gasteiger partial charge in [-0.1, -0.05) is 30.3 Å². The normalized spacial score (nSPS) is 18.4. The molecular weight excluding hydrogens is 356 g/mol. The van der Waals surface area contributed by atoms with Crippen molar-refractivity contribution in [1.82, 2.24) is 0 Å². The van der Waals surface area contributed by atoms with Gasteiger partial charge in [0.1, 0.15) is 18.1 Å². The molecular formula is C23H24O5. The molecule has 1 aromatic carbocycles. The zero-order valence-electron chi connectivity index (χ0n) is 15.9. The minimum atomic E-state index is -0.415. The van der Waals surface area contributed by atoms with Gasteiger partial charge in [0.15, 0.2) is 17.3 Å². The Morgan fingerprint density at radius 2 is 1.89 bits per heavy atom. The second-order valence-corrected chi connectivity index (χ2v) is 7.24. The predicted molar refractivity (Wildman–Crippen MR) is 105 cm³/mol. The van der Waals surface area contributed by atoms with Crippen molar-refractivity contribution in [3.63, 3.8) is 0 Å². The third-order valence-corrected chi connectivity index (χ3v) is 5.09. The second-order valence-electron chi connectivity index (χ2n) is 7.24. The van der Waals surface area contributed by atoms with Crippen LogP contribution in [0.15, 0.2) is 46.9 Å². The lowest BCUT2D eigenvalue weighted by Gasteiger charge is -2.03. The Hall–Kier alpha value is -2.79. The summed E-state index contributed by atoms with van der Waals surface area (Å²) in [6.45, 7) is 1.17. The lowest BCUT2D eigenvalue weighted by molar-refractivity contribution is -0.135. The first-order valence-electron chi connectivity index (χ1n) is 9.51. The largest absolute Gasteiger partial charge is 0.459 e. The lowest BCUT2D eigenvalue weighted by Crippen LogP contribution is -2.10. The van der Waals surface area contributed by atoms with Crippen LogP contribution in [-0.4, -0.2) is 22.5 Å². The molecule has 0 amide bonds. The van der Waals surface area contributed by atoms with Crippen LogP contribution in [-0.2, 0) is 22.6 Å². The number of furan rings is 1. The van der Waals surface area contributed by atoms with Crippen molar-refractivity contribution in [1.29, 1.82) is 0 Å². The summed E-state index contributed by atoms with van der Waals surface area (Å²) in [5.74, 6) is 1.02. The first-order valence-corrected chi connectivity index (χ1v) is 9.51. The van der Waals surface area contributed by atoms with Crippen molar-refractivity contribution in [3.8, 4) is 0 Å². The summed E-state index contributed by atoms with van der Waals surface area (Å²) < 4.78 is 5.39. The maximum Gasteiger partial charge on any atom is 0.198 e. The van der Waals surface area contributed by atoms with Gasteiger partial charge in [-0.25, -0.2) is 0 Å². The fraction of sp³-hybridized carbons (Fsp3) is 0.348. The van der Waals surface area contributed by atoms with Crippen molar-refractivity contribution in [2.45, 2.75) is 39.2 Å². The predicted octanol–water partition coefficient (Wildman–Crippen LogP) is 3.78. The van der Waals surface area contributed by atoms with Crippen molar-refractivity contribution in [3.05, 3.63) is 65.1 Å². The number of Topliss-reactive ketones (excluding diaryl/α,β-unsaturated/α-hetero) is 3. The van der Waals surface area contributed by atoms with Crippen LogP contribution in [0.1, 0.15) is 53.6 Å². The van der Waals surface area contributed by atoms with Gasteiger partial charge >= 0.3 is 0 Å². The van der Waals surface area contributed by atoms with Crippen LogP contribution >= 0.6 is 0 Å². The van der Waals surface area contributed by atoms with Gasteiger partial charge < -0.3 is 9.52 Å². The van der Waals surface area contributed by atoms with Crippen LogP contribution in [0.3, 0.4) is 0 Å². The third kappa shape index (κ3) is 5.14. The number of rotatable bonds is 10. The number of ketones is 3. The fourth-order valence-electron chi connectivity index (χ4n) is 3.24. The molecule has 0 bridgehead atoms. The van der Waals surface area contributed by atoms with E-state index in [0.29, 0.717) is 29.4 Å². The average Bonchev–Trinajstić information content (AvgIpc) is 3.32. The number of hydrogen-bond donors (Lipinski definition) is 1. The Bertz CT molecular complexity index is 888. The highest BCUT2D eigenvalue weighted by Crippen LogP contribution is 2.43.